The average molecular weight is 273 g/mol. The van der Waals surface area contributed by atoms with E-state index in [-0.39, 0.29) is 5.41 Å². The van der Waals surface area contributed by atoms with Gasteiger partial charge in [0.15, 0.2) is 5.78 Å². The standard InChI is InChI=1S/C18H27NO/c1-12-9-15-16(10-18(3,4)11-17(15)20)19(12)13(2)14-7-5-6-8-14/h9,13-14H,5-8,10-11H2,1-4H3. The Kier molecular flexibility index (Phi) is 3.30. The van der Waals surface area contributed by atoms with Crippen LogP contribution in [0.15, 0.2) is 6.07 Å². The molecule has 3 rings (SSSR count). The molecular weight excluding hydrogens is 246 g/mol. The van der Waals surface area contributed by atoms with Gasteiger partial charge in [0.05, 0.1) is 0 Å². The van der Waals surface area contributed by atoms with Crippen molar-refractivity contribution in [2.75, 3.05) is 0 Å². The summed E-state index contributed by atoms with van der Waals surface area (Å²) in [5.41, 5.74) is 3.71. The maximum absolute atomic E-state index is 12.4. The zero-order chi connectivity index (χ0) is 14.5. The van der Waals surface area contributed by atoms with E-state index in [1.54, 1.807) is 0 Å². The molecular formula is C18H27NO. The molecule has 2 aliphatic rings. The molecule has 2 heteroatoms. The van der Waals surface area contributed by atoms with Crippen LogP contribution in [0.25, 0.3) is 0 Å². The minimum absolute atomic E-state index is 0.113. The van der Waals surface area contributed by atoms with Gasteiger partial charge >= 0.3 is 0 Å². The molecule has 1 aromatic rings. The van der Waals surface area contributed by atoms with Crippen molar-refractivity contribution in [3.63, 3.8) is 0 Å². The van der Waals surface area contributed by atoms with Crippen LogP contribution in [0.1, 0.15) is 80.7 Å². The number of nitrogens with zero attached hydrogens (tertiary/aromatic N) is 1. The molecule has 1 heterocycles. The van der Waals surface area contributed by atoms with Gasteiger partial charge in [-0.1, -0.05) is 26.7 Å². The maximum atomic E-state index is 12.4. The van der Waals surface area contributed by atoms with Gasteiger partial charge in [-0.05, 0) is 50.5 Å². The second-order valence-corrected chi connectivity index (χ2v) is 7.74. The summed E-state index contributed by atoms with van der Waals surface area (Å²) < 4.78 is 2.49. The summed E-state index contributed by atoms with van der Waals surface area (Å²) in [6.07, 6.45) is 7.19. The van der Waals surface area contributed by atoms with Crippen molar-refractivity contribution in [1.29, 1.82) is 0 Å². The van der Waals surface area contributed by atoms with E-state index in [9.17, 15) is 4.79 Å². The van der Waals surface area contributed by atoms with Crippen LogP contribution in [-0.2, 0) is 6.42 Å². The molecule has 0 spiro atoms. The lowest BCUT2D eigenvalue weighted by Crippen LogP contribution is -2.29. The number of hydrogen-bond acceptors (Lipinski definition) is 1. The molecule has 0 aromatic carbocycles. The Morgan fingerprint density at radius 2 is 1.90 bits per heavy atom. The fourth-order valence-electron chi connectivity index (χ4n) is 4.39. The number of ketones is 1. The molecule has 0 saturated heterocycles. The average Bonchev–Trinajstić information content (AvgIpc) is 2.94. The monoisotopic (exact) mass is 273 g/mol. The fraction of sp³-hybridized carbons (Fsp3) is 0.722. The third-order valence-electron chi connectivity index (χ3n) is 5.41. The van der Waals surface area contributed by atoms with E-state index in [1.807, 2.05) is 0 Å². The molecule has 2 aliphatic carbocycles. The number of fused-ring (bicyclic) bond motifs is 1. The van der Waals surface area contributed by atoms with E-state index in [0.29, 0.717) is 18.2 Å². The van der Waals surface area contributed by atoms with E-state index in [2.05, 4.69) is 38.3 Å². The molecule has 2 nitrogen and oxygen atoms in total. The Morgan fingerprint density at radius 1 is 1.25 bits per heavy atom. The third-order valence-corrected chi connectivity index (χ3v) is 5.41. The van der Waals surface area contributed by atoms with Gasteiger partial charge < -0.3 is 4.57 Å². The SMILES string of the molecule is Cc1cc2c(n1C(C)C1CCCC1)CC(C)(C)CC2=O. The quantitative estimate of drug-likeness (QED) is 0.765. The summed E-state index contributed by atoms with van der Waals surface area (Å²) in [7, 11) is 0. The van der Waals surface area contributed by atoms with Crippen LogP contribution in [0.4, 0.5) is 0 Å². The van der Waals surface area contributed by atoms with Crippen LogP contribution in [0.3, 0.4) is 0 Å². The Labute approximate surface area is 122 Å². The molecule has 1 unspecified atom stereocenters. The molecule has 1 aromatic heterocycles. The van der Waals surface area contributed by atoms with Crippen molar-refractivity contribution >= 4 is 5.78 Å². The highest BCUT2D eigenvalue weighted by Gasteiger charge is 2.36. The zero-order valence-corrected chi connectivity index (χ0v) is 13.3. The van der Waals surface area contributed by atoms with Crippen molar-refractivity contribution < 1.29 is 4.79 Å². The van der Waals surface area contributed by atoms with Gasteiger partial charge in [-0.2, -0.15) is 0 Å². The first kappa shape index (κ1) is 13.9. The van der Waals surface area contributed by atoms with Gasteiger partial charge in [0.1, 0.15) is 0 Å². The van der Waals surface area contributed by atoms with Gasteiger partial charge in [0, 0.05) is 29.4 Å². The van der Waals surface area contributed by atoms with E-state index in [1.165, 1.54) is 37.1 Å². The number of hydrogen-bond donors (Lipinski definition) is 0. The fourth-order valence-corrected chi connectivity index (χ4v) is 4.39. The molecule has 20 heavy (non-hydrogen) atoms. The summed E-state index contributed by atoms with van der Waals surface area (Å²) >= 11 is 0. The molecule has 1 saturated carbocycles. The Morgan fingerprint density at radius 3 is 2.55 bits per heavy atom. The Balaban J connectivity index is 2.02. The number of Topliss-reactive ketones (excluding diaryl/α,β-unsaturated/α-hetero) is 1. The first-order valence-electron chi connectivity index (χ1n) is 8.13. The highest BCUT2D eigenvalue weighted by Crippen LogP contribution is 2.41. The van der Waals surface area contributed by atoms with Gasteiger partial charge in [0.25, 0.3) is 0 Å². The summed E-state index contributed by atoms with van der Waals surface area (Å²) in [6, 6.07) is 2.68. The van der Waals surface area contributed by atoms with E-state index in [4.69, 9.17) is 0 Å². The maximum Gasteiger partial charge on any atom is 0.165 e. The third kappa shape index (κ3) is 2.23. The van der Waals surface area contributed by atoms with Gasteiger partial charge in [-0.15, -0.1) is 0 Å². The molecule has 110 valence electrons. The molecule has 0 bridgehead atoms. The lowest BCUT2D eigenvalue weighted by atomic mass is 9.76. The van der Waals surface area contributed by atoms with Crippen molar-refractivity contribution in [3.8, 4) is 0 Å². The first-order chi connectivity index (χ1) is 9.39. The van der Waals surface area contributed by atoms with E-state index >= 15 is 0 Å². The summed E-state index contributed by atoms with van der Waals surface area (Å²) in [4.78, 5) is 12.4. The summed E-state index contributed by atoms with van der Waals surface area (Å²) in [5.74, 6) is 1.14. The molecule has 0 aliphatic heterocycles. The predicted octanol–water partition coefficient (Wildman–Crippen LogP) is 4.70. The van der Waals surface area contributed by atoms with Crippen molar-refractivity contribution in [2.24, 2.45) is 11.3 Å². The normalized spacial score (nSPS) is 23.9. The molecule has 0 N–H and O–H groups in total. The van der Waals surface area contributed by atoms with Crippen LogP contribution in [0.5, 0.6) is 0 Å². The van der Waals surface area contributed by atoms with Gasteiger partial charge in [-0.3, -0.25) is 4.79 Å². The summed E-state index contributed by atoms with van der Waals surface area (Å²) in [6.45, 7) is 8.97. The van der Waals surface area contributed by atoms with Crippen LogP contribution in [0.2, 0.25) is 0 Å². The molecule has 0 radical (unpaired) electrons. The van der Waals surface area contributed by atoms with Gasteiger partial charge in [-0.25, -0.2) is 0 Å². The number of carbonyl (C=O) groups excluding carboxylic acids is 1. The van der Waals surface area contributed by atoms with Crippen LogP contribution in [-0.4, -0.2) is 10.4 Å². The van der Waals surface area contributed by atoms with E-state index in [0.717, 1.165) is 17.9 Å². The number of aromatic nitrogens is 1. The minimum atomic E-state index is 0.113. The second-order valence-electron chi connectivity index (χ2n) is 7.74. The van der Waals surface area contributed by atoms with Crippen molar-refractivity contribution in [3.05, 3.63) is 23.0 Å². The lowest BCUT2D eigenvalue weighted by molar-refractivity contribution is 0.0908. The van der Waals surface area contributed by atoms with Gasteiger partial charge in [0.2, 0.25) is 0 Å². The largest absolute Gasteiger partial charge is 0.345 e. The number of aryl methyl sites for hydroxylation is 1. The Hall–Kier alpha value is -1.05. The smallest absolute Gasteiger partial charge is 0.165 e. The summed E-state index contributed by atoms with van der Waals surface area (Å²) in [5, 5.41) is 0. The van der Waals surface area contributed by atoms with Crippen LogP contribution >= 0.6 is 0 Å². The number of rotatable bonds is 2. The number of carbonyl (C=O) groups is 1. The van der Waals surface area contributed by atoms with Crippen molar-refractivity contribution in [1.82, 2.24) is 4.57 Å². The molecule has 1 fully saturated rings. The van der Waals surface area contributed by atoms with E-state index < -0.39 is 0 Å². The topological polar surface area (TPSA) is 22.0 Å². The zero-order valence-electron chi connectivity index (χ0n) is 13.3. The minimum Gasteiger partial charge on any atom is -0.345 e. The molecule has 0 amide bonds. The van der Waals surface area contributed by atoms with Crippen molar-refractivity contribution in [2.45, 2.75) is 72.3 Å². The first-order valence-corrected chi connectivity index (χ1v) is 8.13. The lowest BCUT2D eigenvalue weighted by Gasteiger charge is -2.32. The van der Waals surface area contributed by atoms with Crippen LogP contribution < -0.4 is 0 Å². The molecule has 1 atom stereocenters. The van der Waals surface area contributed by atoms with Crippen LogP contribution in [0, 0.1) is 18.3 Å². The Bertz CT molecular complexity index is 532. The highest BCUT2D eigenvalue weighted by atomic mass is 16.1. The predicted molar refractivity (Wildman–Crippen MR) is 82.3 cm³/mol. The highest BCUT2D eigenvalue weighted by molar-refractivity contribution is 5.99. The second kappa shape index (κ2) is 4.75.